The zero-order valence-electron chi connectivity index (χ0n) is 10.5. The third-order valence-corrected chi connectivity index (χ3v) is 4.20. The van der Waals surface area contributed by atoms with E-state index in [-0.39, 0.29) is 5.56 Å². The first-order valence-electron chi connectivity index (χ1n) is 6.87. The maximum atomic E-state index is 13.9. The fourth-order valence-electron chi connectivity index (χ4n) is 2.81. The molecule has 0 spiro atoms. The van der Waals surface area contributed by atoms with Crippen LogP contribution in [0, 0.1) is 5.92 Å². The van der Waals surface area contributed by atoms with Gasteiger partial charge in [0.25, 0.3) is 5.92 Å². The molecule has 2 fully saturated rings. The molecule has 1 saturated carbocycles. The van der Waals surface area contributed by atoms with Gasteiger partial charge in [-0.15, -0.1) is 0 Å². The summed E-state index contributed by atoms with van der Waals surface area (Å²) in [6, 6.07) is 7.08. The van der Waals surface area contributed by atoms with Crippen molar-refractivity contribution in [1.82, 2.24) is 5.32 Å². The third-order valence-electron chi connectivity index (χ3n) is 4.20. The zero-order chi connectivity index (χ0) is 12.6. The molecular formula is C15H19F2N. The summed E-state index contributed by atoms with van der Waals surface area (Å²) in [5, 5.41) is 3.32. The van der Waals surface area contributed by atoms with Crippen LogP contribution in [0.5, 0.6) is 0 Å². The molecule has 0 unspecified atom stereocenters. The molecule has 2 aliphatic rings. The molecule has 1 aromatic carbocycles. The quantitative estimate of drug-likeness (QED) is 0.864. The Labute approximate surface area is 107 Å². The molecule has 0 atom stereocenters. The molecule has 1 aliphatic carbocycles. The summed E-state index contributed by atoms with van der Waals surface area (Å²) in [6.07, 6.45) is 3.56. The molecular weight excluding hydrogens is 232 g/mol. The lowest BCUT2D eigenvalue weighted by atomic mass is 9.89. The van der Waals surface area contributed by atoms with Gasteiger partial charge in [-0.2, -0.15) is 0 Å². The topological polar surface area (TPSA) is 12.0 Å². The number of halogens is 2. The molecule has 3 rings (SSSR count). The predicted octanol–water partition coefficient (Wildman–Crippen LogP) is 3.66. The van der Waals surface area contributed by atoms with Crippen molar-refractivity contribution in [3.63, 3.8) is 0 Å². The van der Waals surface area contributed by atoms with Gasteiger partial charge in [0.2, 0.25) is 0 Å². The highest BCUT2D eigenvalue weighted by molar-refractivity contribution is 5.29. The number of rotatable bonds is 3. The minimum absolute atomic E-state index is 0.197. The van der Waals surface area contributed by atoms with E-state index in [2.05, 4.69) is 5.32 Å². The van der Waals surface area contributed by atoms with Gasteiger partial charge in [0.15, 0.2) is 0 Å². The SMILES string of the molecule is FC(F)(c1ccc(C2CCNCC2)cc1)C1CC1. The molecule has 1 nitrogen and oxygen atoms in total. The molecule has 1 N–H and O–H groups in total. The maximum Gasteiger partial charge on any atom is 0.276 e. The second-order valence-electron chi connectivity index (χ2n) is 5.54. The van der Waals surface area contributed by atoms with Crippen LogP contribution < -0.4 is 5.32 Å². The Bertz CT molecular complexity index is 403. The van der Waals surface area contributed by atoms with Crippen LogP contribution in [0.4, 0.5) is 8.78 Å². The molecule has 0 radical (unpaired) electrons. The van der Waals surface area contributed by atoms with Crippen LogP contribution in [0.3, 0.4) is 0 Å². The largest absolute Gasteiger partial charge is 0.317 e. The van der Waals surface area contributed by atoms with Crippen molar-refractivity contribution in [2.45, 2.75) is 37.5 Å². The van der Waals surface area contributed by atoms with Gasteiger partial charge >= 0.3 is 0 Å². The number of hydrogen-bond donors (Lipinski definition) is 1. The second kappa shape index (κ2) is 4.61. The minimum Gasteiger partial charge on any atom is -0.317 e. The molecule has 1 heterocycles. The number of nitrogens with one attached hydrogen (secondary N) is 1. The molecule has 0 aromatic heterocycles. The van der Waals surface area contributed by atoms with Crippen molar-refractivity contribution in [2.75, 3.05) is 13.1 Å². The summed E-state index contributed by atoms with van der Waals surface area (Å²) >= 11 is 0. The average molecular weight is 251 g/mol. The van der Waals surface area contributed by atoms with Gasteiger partial charge < -0.3 is 5.32 Å². The second-order valence-corrected chi connectivity index (χ2v) is 5.54. The summed E-state index contributed by atoms with van der Waals surface area (Å²) in [5.74, 6) is -2.50. The molecule has 1 aliphatic heterocycles. The average Bonchev–Trinajstić information content (AvgIpc) is 3.25. The molecule has 1 saturated heterocycles. The Balaban J connectivity index is 1.75. The highest BCUT2D eigenvalue weighted by Crippen LogP contribution is 2.49. The van der Waals surface area contributed by atoms with Gasteiger partial charge in [-0.1, -0.05) is 24.3 Å². The van der Waals surface area contributed by atoms with Gasteiger partial charge in [-0.25, -0.2) is 8.78 Å². The Morgan fingerprint density at radius 3 is 2.11 bits per heavy atom. The summed E-state index contributed by atoms with van der Waals surface area (Å²) in [5.41, 5.74) is 1.41. The zero-order valence-corrected chi connectivity index (χ0v) is 10.5. The van der Waals surface area contributed by atoms with Crippen molar-refractivity contribution < 1.29 is 8.78 Å². The van der Waals surface area contributed by atoms with E-state index < -0.39 is 11.8 Å². The van der Waals surface area contributed by atoms with Crippen LogP contribution in [-0.2, 0) is 5.92 Å². The first-order valence-corrected chi connectivity index (χ1v) is 6.87. The van der Waals surface area contributed by atoms with Crippen LogP contribution in [0.25, 0.3) is 0 Å². The fourth-order valence-corrected chi connectivity index (χ4v) is 2.81. The van der Waals surface area contributed by atoms with E-state index in [0.717, 1.165) is 25.9 Å². The summed E-state index contributed by atoms with van der Waals surface area (Å²) in [6.45, 7) is 2.06. The summed E-state index contributed by atoms with van der Waals surface area (Å²) in [7, 11) is 0. The number of alkyl halides is 2. The molecule has 0 bridgehead atoms. The summed E-state index contributed by atoms with van der Waals surface area (Å²) in [4.78, 5) is 0. The molecule has 1 aromatic rings. The highest BCUT2D eigenvalue weighted by atomic mass is 19.3. The van der Waals surface area contributed by atoms with Crippen molar-refractivity contribution >= 4 is 0 Å². The summed E-state index contributed by atoms with van der Waals surface area (Å²) < 4.78 is 27.8. The van der Waals surface area contributed by atoms with E-state index >= 15 is 0 Å². The number of piperidine rings is 1. The Kier molecular flexibility index (Phi) is 3.10. The van der Waals surface area contributed by atoms with Gasteiger partial charge in [0, 0.05) is 11.5 Å². The Morgan fingerprint density at radius 2 is 1.56 bits per heavy atom. The van der Waals surface area contributed by atoms with Gasteiger partial charge in [-0.3, -0.25) is 0 Å². The standard InChI is InChI=1S/C15H19F2N/c16-15(17,14-5-6-14)13-3-1-11(2-4-13)12-7-9-18-10-8-12/h1-4,12,14,18H,5-10H2. The first-order chi connectivity index (χ1) is 8.68. The normalized spacial score (nSPS) is 22.1. The van der Waals surface area contributed by atoms with E-state index in [1.54, 1.807) is 12.1 Å². The van der Waals surface area contributed by atoms with E-state index in [1.165, 1.54) is 5.56 Å². The fraction of sp³-hybridized carbons (Fsp3) is 0.600. The lowest BCUT2D eigenvalue weighted by Gasteiger charge is -2.24. The van der Waals surface area contributed by atoms with Crippen molar-refractivity contribution in [3.8, 4) is 0 Å². The van der Waals surface area contributed by atoms with E-state index in [4.69, 9.17) is 0 Å². The van der Waals surface area contributed by atoms with Crippen LogP contribution >= 0.6 is 0 Å². The Morgan fingerprint density at radius 1 is 0.944 bits per heavy atom. The van der Waals surface area contributed by atoms with Gasteiger partial charge in [0.1, 0.15) is 0 Å². The van der Waals surface area contributed by atoms with Gasteiger partial charge in [-0.05, 0) is 50.3 Å². The lowest BCUT2D eigenvalue weighted by Crippen LogP contribution is -2.26. The van der Waals surface area contributed by atoms with Gasteiger partial charge in [0.05, 0.1) is 0 Å². The molecule has 3 heteroatoms. The molecule has 0 amide bonds. The van der Waals surface area contributed by atoms with Crippen LogP contribution in [0.1, 0.15) is 42.7 Å². The van der Waals surface area contributed by atoms with E-state index in [0.29, 0.717) is 18.8 Å². The highest BCUT2D eigenvalue weighted by Gasteiger charge is 2.47. The Hall–Kier alpha value is -0.960. The maximum absolute atomic E-state index is 13.9. The number of hydrogen-bond acceptors (Lipinski definition) is 1. The van der Waals surface area contributed by atoms with E-state index in [1.807, 2.05) is 12.1 Å². The van der Waals surface area contributed by atoms with Crippen molar-refractivity contribution in [3.05, 3.63) is 35.4 Å². The van der Waals surface area contributed by atoms with Crippen LogP contribution in [-0.4, -0.2) is 13.1 Å². The smallest absolute Gasteiger partial charge is 0.276 e. The predicted molar refractivity (Wildman–Crippen MR) is 67.9 cm³/mol. The van der Waals surface area contributed by atoms with Crippen LogP contribution in [0.15, 0.2) is 24.3 Å². The molecule has 18 heavy (non-hydrogen) atoms. The lowest BCUT2D eigenvalue weighted by molar-refractivity contribution is -0.0285. The number of benzene rings is 1. The molecule has 98 valence electrons. The monoisotopic (exact) mass is 251 g/mol. The van der Waals surface area contributed by atoms with E-state index in [9.17, 15) is 8.78 Å². The van der Waals surface area contributed by atoms with Crippen LogP contribution in [0.2, 0.25) is 0 Å². The first kappa shape index (κ1) is 12.1. The third kappa shape index (κ3) is 2.28. The van der Waals surface area contributed by atoms with Crippen molar-refractivity contribution in [2.24, 2.45) is 5.92 Å². The minimum atomic E-state index is -2.62. The van der Waals surface area contributed by atoms with Crippen molar-refractivity contribution in [1.29, 1.82) is 0 Å².